The van der Waals surface area contributed by atoms with Gasteiger partial charge in [0, 0.05) is 12.6 Å². The molecule has 4 nitrogen and oxygen atoms in total. The molecule has 1 N–H and O–H groups in total. The van der Waals surface area contributed by atoms with Gasteiger partial charge in [0.2, 0.25) is 5.91 Å². The first-order valence-electron chi connectivity index (χ1n) is 7.62. The Hall–Kier alpha value is -0.610. The zero-order chi connectivity index (χ0) is 14.2. The fourth-order valence-corrected chi connectivity index (χ4v) is 3.70. The van der Waals surface area contributed by atoms with Crippen molar-refractivity contribution in [3.8, 4) is 0 Å². The Morgan fingerprint density at radius 2 is 1.89 bits per heavy atom. The van der Waals surface area contributed by atoms with Gasteiger partial charge in [-0.05, 0) is 39.8 Å². The summed E-state index contributed by atoms with van der Waals surface area (Å²) in [6, 6.07) is 0.266. The van der Waals surface area contributed by atoms with E-state index in [9.17, 15) is 4.79 Å². The highest BCUT2D eigenvalue weighted by Crippen LogP contribution is 2.38. The van der Waals surface area contributed by atoms with E-state index < -0.39 is 0 Å². The van der Waals surface area contributed by atoms with Crippen molar-refractivity contribution in [2.24, 2.45) is 5.92 Å². The molecule has 4 heteroatoms. The molecule has 1 spiro atoms. The van der Waals surface area contributed by atoms with Crippen LogP contribution < -0.4 is 5.32 Å². The van der Waals surface area contributed by atoms with Crippen molar-refractivity contribution < 1.29 is 4.79 Å². The molecule has 19 heavy (non-hydrogen) atoms. The lowest BCUT2D eigenvalue weighted by atomic mass is 9.97. The van der Waals surface area contributed by atoms with Crippen molar-refractivity contribution in [1.29, 1.82) is 0 Å². The minimum atomic E-state index is -0.241. The van der Waals surface area contributed by atoms with Crippen LogP contribution >= 0.6 is 0 Å². The van der Waals surface area contributed by atoms with Gasteiger partial charge < -0.3 is 9.80 Å². The van der Waals surface area contributed by atoms with Crippen molar-refractivity contribution >= 4 is 5.91 Å². The Morgan fingerprint density at radius 1 is 1.32 bits per heavy atom. The zero-order valence-corrected chi connectivity index (χ0v) is 13.1. The van der Waals surface area contributed by atoms with Crippen LogP contribution in [0.5, 0.6) is 0 Å². The fourth-order valence-electron chi connectivity index (χ4n) is 3.70. The normalized spacial score (nSPS) is 28.1. The van der Waals surface area contributed by atoms with Crippen LogP contribution in [0.4, 0.5) is 0 Å². The van der Waals surface area contributed by atoms with Gasteiger partial charge in [-0.15, -0.1) is 0 Å². The molecule has 1 amide bonds. The summed E-state index contributed by atoms with van der Waals surface area (Å²) in [4.78, 5) is 17.2. The SMILES string of the molecule is CC(C)C1NC2(CCCC2)C(=O)N1C(C)CN(C)C. The average Bonchev–Trinajstić information content (AvgIpc) is 2.86. The summed E-state index contributed by atoms with van der Waals surface area (Å²) in [6.07, 6.45) is 4.58. The summed E-state index contributed by atoms with van der Waals surface area (Å²) < 4.78 is 0. The standard InChI is InChI=1S/C15H29N3O/c1-11(2)13-16-15(8-6-7-9-15)14(19)18(13)12(3)10-17(4)5/h11-13,16H,6-10H2,1-5H3. The summed E-state index contributed by atoms with van der Waals surface area (Å²) >= 11 is 0. The van der Waals surface area contributed by atoms with Gasteiger partial charge in [0.1, 0.15) is 0 Å². The molecule has 1 heterocycles. The Morgan fingerprint density at radius 3 is 2.37 bits per heavy atom. The molecule has 1 saturated carbocycles. The van der Waals surface area contributed by atoms with Gasteiger partial charge in [0.05, 0.1) is 11.7 Å². The minimum Gasteiger partial charge on any atom is -0.321 e. The lowest BCUT2D eigenvalue weighted by Gasteiger charge is -2.34. The summed E-state index contributed by atoms with van der Waals surface area (Å²) in [5, 5.41) is 3.68. The number of nitrogens with zero attached hydrogens (tertiary/aromatic N) is 2. The third kappa shape index (κ3) is 2.65. The lowest BCUT2D eigenvalue weighted by Crippen LogP contribution is -2.49. The molecule has 2 aliphatic rings. The Labute approximate surface area is 117 Å². The van der Waals surface area contributed by atoms with E-state index in [-0.39, 0.29) is 17.7 Å². The maximum Gasteiger partial charge on any atom is 0.244 e. The molecule has 0 bridgehead atoms. The quantitative estimate of drug-likeness (QED) is 0.841. The maximum atomic E-state index is 12.9. The third-order valence-corrected chi connectivity index (χ3v) is 4.56. The smallest absolute Gasteiger partial charge is 0.244 e. The number of carbonyl (C=O) groups excluding carboxylic acids is 1. The summed E-state index contributed by atoms with van der Waals surface area (Å²) in [6.45, 7) is 7.50. The van der Waals surface area contributed by atoms with Crippen LogP contribution in [0.2, 0.25) is 0 Å². The molecule has 2 rings (SSSR count). The molecular formula is C15H29N3O. The van der Waals surface area contributed by atoms with E-state index in [0.29, 0.717) is 11.8 Å². The topological polar surface area (TPSA) is 35.6 Å². The molecule has 2 atom stereocenters. The van der Waals surface area contributed by atoms with Crippen LogP contribution in [0.25, 0.3) is 0 Å². The van der Waals surface area contributed by atoms with E-state index in [1.54, 1.807) is 0 Å². The van der Waals surface area contributed by atoms with E-state index in [1.807, 2.05) is 0 Å². The number of carbonyl (C=O) groups is 1. The van der Waals surface area contributed by atoms with Crippen LogP contribution in [0, 0.1) is 5.92 Å². The predicted octanol–water partition coefficient (Wildman–Crippen LogP) is 1.66. The highest BCUT2D eigenvalue weighted by Gasteiger charge is 2.53. The summed E-state index contributed by atoms with van der Waals surface area (Å²) in [5.74, 6) is 0.798. The van der Waals surface area contributed by atoms with Crippen molar-refractivity contribution in [1.82, 2.24) is 15.1 Å². The number of hydrogen-bond donors (Lipinski definition) is 1. The Kier molecular flexibility index (Phi) is 4.21. The molecule has 2 fully saturated rings. The van der Waals surface area contributed by atoms with E-state index >= 15 is 0 Å². The van der Waals surface area contributed by atoms with Crippen LogP contribution in [-0.4, -0.2) is 54.1 Å². The van der Waals surface area contributed by atoms with Crippen molar-refractivity contribution in [2.75, 3.05) is 20.6 Å². The first-order valence-corrected chi connectivity index (χ1v) is 7.62. The Balaban J connectivity index is 2.20. The molecule has 2 unspecified atom stereocenters. The van der Waals surface area contributed by atoms with E-state index in [2.05, 4.69) is 50.0 Å². The molecule has 1 aliphatic carbocycles. The third-order valence-electron chi connectivity index (χ3n) is 4.56. The van der Waals surface area contributed by atoms with Gasteiger partial charge in [-0.3, -0.25) is 10.1 Å². The average molecular weight is 267 g/mol. The number of hydrogen-bond acceptors (Lipinski definition) is 3. The van der Waals surface area contributed by atoms with Gasteiger partial charge in [-0.1, -0.05) is 26.7 Å². The van der Waals surface area contributed by atoms with Gasteiger partial charge in [0.25, 0.3) is 0 Å². The molecule has 1 aliphatic heterocycles. The Bertz CT molecular complexity index is 334. The molecule has 0 aromatic carbocycles. The van der Waals surface area contributed by atoms with E-state index in [1.165, 1.54) is 12.8 Å². The second kappa shape index (κ2) is 5.41. The van der Waals surface area contributed by atoms with E-state index in [0.717, 1.165) is 19.4 Å². The molecule has 110 valence electrons. The second-order valence-electron chi connectivity index (χ2n) is 6.95. The zero-order valence-electron chi connectivity index (χ0n) is 13.1. The monoisotopic (exact) mass is 267 g/mol. The number of likely N-dealkylation sites (N-methyl/N-ethyl adjacent to an activating group) is 1. The highest BCUT2D eigenvalue weighted by atomic mass is 16.2. The molecule has 0 aromatic heterocycles. The number of amides is 1. The van der Waals surface area contributed by atoms with Gasteiger partial charge in [0.15, 0.2) is 0 Å². The largest absolute Gasteiger partial charge is 0.321 e. The van der Waals surface area contributed by atoms with Crippen LogP contribution in [-0.2, 0) is 4.79 Å². The summed E-state index contributed by atoms with van der Waals surface area (Å²) in [7, 11) is 4.14. The van der Waals surface area contributed by atoms with Crippen molar-refractivity contribution in [3.63, 3.8) is 0 Å². The van der Waals surface area contributed by atoms with Crippen molar-refractivity contribution in [2.45, 2.75) is 64.2 Å². The number of rotatable bonds is 4. The second-order valence-corrected chi connectivity index (χ2v) is 6.95. The van der Waals surface area contributed by atoms with Gasteiger partial charge in [-0.2, -0.15) is 0 Å². The molecule has 0 aromatic rings. The molecule has 1 saturated heterocycles. The first kappa shape index (κ1) is 14.8. The molecule has 0 radical (unpaired) electrons. The van der Waals surface area contributed by atoms with Gasteiger partial charge >= 0.3 is 0 Å². The maximum absolute atomic E-state index is 12.9. The fraction of sp³-hybridized carbons (Fsp3) is 0.933. The number of nitrogens with one attached hydrogen (secondary N) is 1. The first-order chi connectivity index (χ1) is 8.87. The summed E-state index contributed by atoms with van der Waals surface area (Å²) in [5.41, 5.74) is -0.241. The van der Waals surface area contributed by atoms with Crippen molar-refractivity contribution in [3.05, 3.63) is 0 Å². The highest BCUT2D eigenvalue weighted by molar-refractivity contribution is 5.89. The molecular weight excluding hydrogens is 238 g/mol. The lowest BCUT2D eigenvalue weighted by molar-refractivity contribution is -0.135. The van der Waals surface area contributed by atoms with E-state index in [4.69, 9.17) is 0 Å². The van der Waals surface area contributed by atoms with Crippen LogP contribution in [0.3, 0.4) is 0 Å². The van der Waals surface area contributed by atoms with Gasteiger partial charge in [-0.25, -0.2) is 0 Å². The predicted molar refractivity (Wildman–Crippen MR) is 77.8 cm³/mol. The minimum absolute atomic E-state index is 0.195. The van der Waals surface area contributed by atoms with Crippen LogP contribution in [0.1, 0.15) is 46.5 Å². The van der Waals surface area contributed by atoms with Crippen LogP contribution in [0.15, 0.2) is 0 Å².